The van der Waals surface area contributed by atoms with Crippen molar-refractivity contribution in [3.05, 3.63) is 0 Å². The van der Waals surface area contributed by atoms with Crippen LogP contribution in [0, 0.1) is 0 Å². The van der Waals surface area contributed by atoms with E-state index in [0.29, 0.717) is 0 Å². The molecule has 0 fully saturated rings. The standard InChI is InChI=1S/C11H21Cl3/c1-2-3-4-5-6-7-8-9-10(12)11(13)14/h10-11H,2-9H2,1H3. The fourth-order valence-electron chi connectivity index (χ4n) is 1.42. The highest BCUT2D eigenvalue weighted by Gasteiger charge is 2.12. The fraction of sp³-hybridized carbons (Fsp3) is 1.00. The van der Waals surface area contributed by atoms with E-state index in [9.17, 15) is 0 Å². The topological polar surface area (TPSA) is 0 Å². The van der Waals surface area contributed by atoms with E-state index in [1.165, 1.54) is 38.5 Å². The van der Waals surface area contributed by atoms with Crippen LogP contribution in [0.2, 0.25) is 0 Å². The molecule has 0 rings (SSSR count). The molecule has 0 saturated heterocycles. The van der Waals surface area contributed by atoms with Gasteiger partial charge in [0.1, 0.15) is 4.84 Å². The molecule has 0 nitrogen and oxygen atoms in total. The van der Waals surface area contributed by atoms with Crippen molar-refractivity contribution >= 4 is 34.8 Å². The predicted octanol–water partition coefficient (Wildman–Crippen LogP) is 5.54. The van der Waals surface area contributed by atoms with Gasteiger partial charge in [0.25, 0.3) is 0 Å². The van der Waals surface area contributed by atoms with Crippen LogP contribution in [-0.4, -0.2) is 10.2 Å². The average Bonchev–Trinajstić information content (AvgIpc) is 2.16. The van der Waals surface area contributed by atoms with Crippen molar-refractivity contribution < 1.29 is 0 Å². The lowest BCUT2D eigenvalue weighted by Gasteiger charge is -2.09. The third kappa shape index (κ3) is 9.43. The minimum Gasteiger partial charge on any atom is -0.120 e. The second kappa shape index (κ2) is 10.4. The Labute approximate surface area is 103 Å². The molecule has 0 bridgehead atoms. The molecule has 0 N–H and O–H groups in total. The molecule has 0 amide bonds. The summed E-state index contributed by atoms with van der Waals surface area (Å²) in [4.78, 5) is -0.420. The van der Waals surface area contributed by atoms with E-state index < -0.39 is 4.84 Å². The van der Waals surface area contributed by atoms with Crippen molar-refractivity contribution in [3.8, 4) is 0 Å². The summed E-state index contributed by atoms with van der Waals surface area (Å²) in [6, 6.07) is 0. The first kappa shape index (κ1) is 14.9. The van der Waals surface area contributed by atoms with E-state index in [0.717, 1.165) is 12.8 Å². The zero-order valence-corrected chi connectivity index (χ0v) is 11.2. The molecule has 0 radical (unpaired) electrons. The van der Waals surface area contributed by atoms with E-state index in [-0.39, 0.29) is 5.38 Å². The average molecular weight is 260 g/mol. The summed E-state index contributed by atoms with van der Waals surface area (Å²) in [5, 5.41) is -0.0750. The Morgan fingerprint density at radius 3 is 1.79 bits per heavy atom. The zero-order valence-electron chi connectivity index (χ0n) is 8.95. The van der Waals surface area contributed by atoms with Gasteiger partial charge >= 0.3 is 0 Å². The first-order valence-corrected chi connectivity index (χ1v) is 6.91. The molecule has 0 aliphatic carbocycles. The van der Waals surface area contributed by atoms with Crippen molar-refractivity contribution in [2.45, 2.75) is 68.5 Å². The number of alkyl halides is 3. The Kier molecular flexibility index (Phi) is 11.0. The van der Waals surface area contributed by atoms with Crippen molar-refractivity contribution in [3.63, 3.8) is 0 Å². The van der Waals surface area contributed by atoms with Crippen LogP contribution in [0.4, 0.5) is 0 Å². The summed E-state index contributed by atoms with van der Waals surface area (Å²) in [6.07, 6.45) is 10.1. The van der Waals surface area contributed by atoms with Crippen LogP contribution in [0.25, 0.3) is 0 Å². The summed E-state index contributed by atoms with van der Waals surface area (Å²) in [5.74, 6) is 0. The number of hydrogen-bond donors (Lipinski definition) is 0. The number of hydrogen-bond acceptors (Lipinski definition) is 0. The van der Waals surface area contributed by atoms with E-state index in [2.05, 4.69) is 6.92 Å². The molecule has 3 heteroatoms. The molecule has 14 heavy (non-hydrogen) atoms. The maximum atomic E-state index is 5.91. The highest BCUT2D eigenvalue weighted by Crippen LogP contribution is 2.20. The Balaban J connectivity index is 3.06. The van der Waals surface area contributed by atoms with Crippen LogP contribution >= 0.6 is 34.8 Å². The van der Waals surface area contributed by atoms with E-state index in [1.54, 1.807) is 0 Å². The molecule has 86 valence electrons. The van der Waals surface area contributed by atoms with Gasteiger partial charge in [0.15, 0.2) is 0 Å². The lowest BCUT2D eigenvalue weighted by Crippen LogP contribution is -2.07. The van der Waals surface area contributed by atoms with Gasteiger partial charge in [0, 0.05) is 0 Å². The molecule has 0 aromatic carbocycles. The van der Waals surface area contributed by atoms with Crippen molar-refractivity contribution in [2.24, 2.45) is 0 Å². The van der Waals surface area contributed by atoms with Gasteiger partial charge in [-0.2, -0.15) is 0 Å². The van der Waals surface area contributed by atoms with Crippen LogP contribution in [0.3, 0.4) is 0 Å². The third-order valence-corrected chi connectivity index (χ3v) is 3.69. The van der Waals surface area contributed by atoms with Crippen LogP contribution in [0.1, 0.15) is 58.3 Å². The van der Waals surface area contributed by atoms with Gasteiger partial charge in [-0.15, -0.1) is 34.8 Å². The van der Waals surface area contributed by atoms with Gasteiger partial charge in [-0.05, 0) is 6.42 Å². The highest BCUT2D eigenvalue weighted by atomic mass is 35.5. The minimum absolute atomic E-state index is 0.0750. The number of rotatable bonds is 9. The smallest absolute Gasteiger partial charge is 0.120 e. The second-order valence-corrected chi connectivity index (χ2v) is 5.48. The Hall–Kier alpha value is 0.870. The molecule has 0 aromatic heterocycles. The summed E-state index contributed by atoms with van der Waals surface area (Å²) < 4.78 is 0. The van der Waals surface area contributed by atoms with Gasteiger partial charge < -0.3 is 0 Å². The largest absolute Gasteiger partial charge is 0.124 e. The molecule has 0 heterocycles. The monoisotopic (exact) mass is 258 g/mol. The maximum absolute atomic E-state index is 5.91. The van der Waals surface area contributed by atoms with E-state index in [4.69, 9.17) is 34.8 Å². The van der Waals surface area contributed by atoms with Crippen molar-refractivity contribution in [1.29, 1.82) is 0 Å². The molecule has 0 saturated carbocycles. The van der Waals surface area contributed by atoms with E-state index in [1.807, 2.05) is 0 Å². The zero-order chi connectivity index (χ0) is 10.8. The van der Waals surface area contributed by atoms with E-state index >= 15 is 0 Å². The summed E-state index contributed by atoms with van der Waals surface area (Å²) in [6.45, 7) is 2.24. The summed E-state index contributed by atoms with van der Waals surface area (Å²) in [7, 11) is 0. The summed E-state index contributed by atoms with van der Waals surface area (Å²) >= 11 is 17.2. The number of unbranched alkanes of at least 4 members (excludes halogenated alkanes) is 6. The molecule has 1 atom stereocenters. The van der Waals surface area contributed by atoms with Crippen LogP contribution in [0.5, 0.6) is 0 Å². The fourth-order valence-corrected chi connectivity index (χ4v) is 1.83. The molecule has 0 aliphatic rings. The van der Waals surface area contributed by atoms with Gasteiger partial charge in [-0.3, -0.25) is 0 Å². The lowest BCUT2D eigenvalue weighted by atomic mass is 10.1. The SMILES string of the molecule is CCCCCCCCCC(Cl)C(Cl)Cl. The normalized spacial score (nSPS) is 13.5. The van der Waals surface area contributed by atoms with Crippen LogP contribution < -0.4 is 0 Å². The molecular formula is C11H21Cl3. The third-order valence-electron chi connectivity index (χ3n) is 2.36. The second-order valence-electron chi connectivity index (χ2n) is 3.76. The molecule has 0 aliphatic heterocycles. The van der Waals surface area contributed by atoms with Gasteiger partial charge in [0.05, 0.1) is 5.38 Å². The van der Waals surface area contributed by atoms with Gasteiger partial charge in [-0.1, -0.05) is 51.9 Å². The Bertz CT molecular complexity index is 115. The molecule has 0 aromatic rings. The minimum atomic E-state index is -0.420. The maximum Gasteiger partial charge on any atom is 0.124 e. The quantitative estimate of drug-likeness (QED) is 0.377. The van der Waals surface area contributed by atoms with Gasteiger partial charge in [-0.25, -0.2) is 0 Å². The first-order valence-electron chi connectivity index (χ1n) is 5.60. The van der Waals surface area contributed by atoms with Crippen LogP contribution in [-0.2, 0) is 0 Å². The predicted molar refractivity (Wildman–Crippen MR) is 67.7 cm³/mol. The van der Waals surface area contributed by atoms with Crippen molar-refractivity contribution in [1.82, 2.24) is 0 Å². The van der Waals surface area contributed by atoms with Crippen molar-refractivity contribution in [2.75, 3.05) is 0 Å². The van der Waals surface area contributed by atoms with Gasteiger partial charge in [0.2, 0.25) is 0 Å². The summed E-state index contributed by atoms with van der Waals surface area (Å²) in [5.41, 5.74) is 0. The molecular weight excluding hydrogens is 238 g/mol. The lowest BCUT2D eigenvalue weighted by molar-refractivity contribution is 0.572. The highest BCUT2D eigenvalue weighted by molar-refractivity contribution is 6.48. The van der Waals surface area contributed by atoms with Crippen LogP contribution in [0.15, 0.2) is 0 Å². The first-order chi connectivity index (χ1) is 6.68. The number of halogens is 3. The molecule has 1 unspecified atom stereocenters. The Morgan fingerprint density at radius 2 is 1.29 bits per heavy atom. The molecule has 0 spiro atoms. The Morgan fingerprint density at radius 1 is 0.786 bits per heavy atom.